The quantitative estimate of drug-likeness (QED) is 0.469. The van der Waals surface area contributed by atoms with Crippen molar-refractivity contribution < 1.29 is 0 Å². The van der Waals surface area contributed by atoms with Crippen LogP contribution in [0.25, 0.3) is 16.0 Å². The van der Waals surface area contributed by atoms with Crippen molar-refractivity contribution in [3.8, 4) is 0 Å². The minimum absolute atomic E-state index is 0.0751. The predicted molar refractivity (Wildman–Crippen MR) is 112 cm³/mol. The molecular formula is C19H19BrN4O2S. The summed E-state index contributed by atoms with van der Waals surface area (Å²) in [6.45, 7) is 5.13. The van der Waals surface area contributed by atoms with Crippen LogP contribution in [0.4, 0.5) is 0 Å². The van der Waals surface area contributed by atoms with E-state index < -0.39 is 0 Å². The Bertz CT molecular complexity index is 1230. The van der Waals surface area contributed by atoms with Gasteiger partial charge in [0.25, 0.3) is 5.56 Å². The van der Waals surface area contributed by atoms with Crippen molar-refractivity contribution in [3.05, 3.63) is 66.6 Å². The van der Waals surface area contributed by atoms with Gasteiger partial charge < -0.3 is 0 Å². The predicted octanol–water partition coefficient (Wildman–Crippen LogP) is 3.73. The SMILES string of the molecule is CC(C)CCn1c(=O)c2sccc2n2c(=O)n(Cc3ccc(Br)cc3)nc12. The van der Waals surface area contributed by atoms with Gasteiger partial charge >= 0.3 is 5.69 Å². The van der Waals surface area contributed by atoms with Gasteiger partial charge in [-0.05, 0) is 41.5 Å². The average molecular weight is 447 g/mol. The number of nitrogens with zero attached hydrogens (tertiary/aromatic N) is 4. The normalized spacial score (nSPS) is 11.9. The van der Waals surface area contributed by atoms with E-state index in [1.165, 1.54) is 16.0 Å². The number of halogens is 1. The first kappa shape index (κ1) is 18.2. The summed E-state index contributed by atoms with van der Waals surface area (Å²) in [6, 6.07) is 9.59. The van der Waals surface area contributed by atoms with Crippen molar-refractivity contribution in [3.63, 3.8) is 0 Å². The summed E-state index contributed by atoms with van der Waals surface area (Å²) in [5.74, 6) is 0.862. The summed E-state index contributed by atoms with van der Waals surface area (Å²) in [7, 11) is 0. The smallest absolute Gasteiger partial charge is 0.276 e. The summed E-state index contributed by atoms with van der Waals surface area (Å²) in [5.41, 5.74) is 1.30. The summed E-state index contributed by atoms with van der Waals surface area (Å²) < 4.78 is 6.21. The van der Waals surface area contributed by atoms with E-state index in [9.17, 15) is 9.59 Å². The highest BCUT2D eigenvalue weighted by Crippen LogP contribution is 2.18. The zero-order valence-electron chi connectivity index (χ0n) is 15.1. The van der Waals surface area contributed by atoms with Crippen molar-refractivity contribution in [2.45, 2.75) is 33.4 Å². The van der Waals surface area contributed by atoms with Gasteiger partial charge in [-0.2, -0.15) is 0 Å². The molecule has 0 aliphatic carbocycles. The number of aromatic nitrogens is 4. The zero-order valence-corrected chi connectivity index (χ0v) is 17.5. The van der Waals surface area contributed by atoms with Crippen LogP contribution >= 0.6 is 27.3 Å². The molecule has 0 N–H and O–H groups in total. The van der Waals surface area contributed by atoms with Gasteiger partial charge in [0.05, 0.1) is 12.1 Å². The molecule has 0 unspecified atom stereocenters. The lowest BCUT2D eigenvalue weighted by molar-refractivity contribution is 0.512. The van der Waals surface area contributed by atoms with E-state index in [1.807, 2.05) is 35.7 Å². The van der Waals surface area contributed by atoms with Gasteiger partial charge in [0, 0.05) is 11.0 Å². The minimum atomic E-state index is -0.227. The van der Waals surface area contributed by atoms with Gasteiger partial charge in [-0.15, -0.1) is 16.4 Å². The third-order valence-corrected chi connectivity index (χ3v) is 5.98. The summed E-state index contributed by atoms with van der Waals surface area (Å²) in [5, 5.41) is 6.37. The van der Waals surface area contributed by atoms with Crippen LogP contribution in [-0.4, -0.2) is 18.7 Å². The minimum Gasteiger partial charge on any atom is -0.276 e. The van der Waals surface area contributed by atoms with Crippen LogP contribution in [0.1, 0.15) is 25.8 Å². The van der Waals surface area contributed by atoms with Gasteiger partial charge in [-0.1, -0.05) is 41.9 Å². The lowest BCUT2D eigenvalue weighted by Crippen LogP contribution is -2.26. The second-order valence-electron chi connectivity index (χ2n) is 6.98. The Morgan fingerprint density at radius 2 is 1.89 bits per heavy atom. The van der Waals surface area contributed by atoms with Crippen molar-refractivity contribution in [2.24, 2.45) is 5.92 Å². The molecule has 4 aromatic rings. The van der Waals surface area contributed by atoms with Crippen LogP contribution in [0.2, 0.25) is 0 Å². The topological polar surface area (TPSA) is 61.3 Å². The number of rotatable bonds is 5. The third kappa shape index (κ3) is 3.27. The Hall–Kier alpha value is -2.19. The monoisotopic (exact) mass is 446 g/mol. The lowest BCUT2D eigenvalue weighted by atomic mass is 10.1. The van der Waals surface area contributed by atoms with Crippen LogP contribution < -0.4 is 11.2 Å². The van der Waals surface area contributed by atoms with Gasteiger partial charge in [0.15, 0.2) is 0 Å². The highest BCUT2D eigenvalue weighted by molar-refractivity contribution is 9.10. The van der Waals surface area contributed by atoms with Gasteiger partial charge in [0.2, 0.25) is 5.78 Å². The van der Waals surface area contributed by atoms with Gasteiger partial charge in [0.1, 0.15) is 4.70 Å². The summed E-state index contributed by atoms with van der Waals surface area (Å²) in [6.07, 6.45) is 0.847. The second kappa shape index (κ2) is 7.09. The maximum Gasteiger partial charge on any atom is 0.352 e. The Morgan fingerprint density at radius 3 is 2.59 bits per heavy atom. The van der Waals surface area contributed by atoms with Crippen molar-refractivity contribution in [2.75, 3.05) is 0 Å². The lowest BCUT2D eigenvalue weighted by Gasteiger charge is -2.09. The molecule has 0 atom stereocenters. The fourth-order valence-electron chi connectivity index (χ4n) is 3.09. The summed E-state index contributed by atoms with van der Waals surface area (Å²) in [4.78, 5) is 26.0. The van der Waals surface area contributed by atoms with Crippen molar-refractivity contribution in [1.82, 2.24) is 18.7 Å². The molecular weight excluding hydrogens is 428 g/mol. The van der Waals surface area contributed by atoms with E-state index in [1.54, 1.807) is 8.97 Å². The fourth-order valence-corrected chi connectivity index (χ4v) is 4.18. The van der Waals surface area contributed by atoms with Gasteiger partial charge in [-0.25, -0.2) is 13.9 Å². The Balaban J connectivity index is 1.91. The van der Waals surface area contributed by atoms with E-state index in [4.69, 9.17) is 0 Å². The highest BCUT2D eigenvalue weighted by Gasteiger charge is 2.18. The average Bonchev–Trinajstić information content (AvgIpc) is 3.22. The molecule has 3 aromatic heterocycles. The molecule has 4 rings (SSSR count). The van der Waals surface area contributed by atoms with Crippen LogP contribution in [0, 0.1) is 5.92 Å². The number of hydrogen-bond donors (Lipinski definition) is 0. The molecule has 0 fully saturated rings. The molecule has 0 bridgehead atoms. The van der Waals surface area contributed by atoms with E-state index in [2.05, 4.69) is 34.9 Å². The van der Waals surface area contributed by atoms with Crippen LogP contribution in [0.3, 0.4) is 0 Å². The number of fused-ring (bicyclic) bond motifs is 3. The molecule has 0 spiro atoms. The zero-order chi connectivity index (χ0) is 19.1. The molecule has 1 aromatic carbocycles. The molecule has 0 amide bonds. The van der Waals surface area contributed by atoms with Gasteiger partial charge in [-0.3, -0.25) is 9.36 Å². The van der Waals surface area contributed by atoms with E-state index in [0.29, 0.717) is 35.0 Å². The molecule has 8 heteroatoms. The Morgan fingerprint density at radius 1 is 1.15 bits per heavy atom. The number of thiophene rings is 1. The van der Waals surface area contributed by atoms with Crippen LogP contribution in [0.5, 0.6) is 0 Å². The highest BCUT2D eigenvalue weighted by atomic mass is 79.9. The maximum absolute atomic E-state index is 13.1. The molecule has 140 valence electrons. The Labute approximate surface area is 167 Å². The molecule has 0 saturated heterocycles. The van der Waals surface area contributed by atoms with Crippen LogP contribution in [-0.2, 0) is 13.1 Å². The van der Waals surface area contributed by atoms with Crippen LogP contribution in [0.15, 0.2) is 49.8 Å². The number of hydrogen-bond acceptors (Lipinski definition) is 4. The molecule has 3 heterocycles. The second-order valence-corrected chi connectivity index (χ2v) is 8.81. The molecule has 0 saturated carbocycles. The Kier molecular flexibility index (Phi) is 4.77. The van der Waals surface area contributed by atoms with Crippen molar-refractivity contribution in [1.29, 1.82) is 0 Å². The first-order chi connectivity index (χ1) is 13.0. The van der Waals surface area contributed by atoms with E-state index >= 15 is 0 Å². The molecule has 0 aliphatic rings. The largest absolute Gasteiger partial charge is 0.352 e. The molecule has 6 nitrogen and oxygen atoms in total. The first-order valence-electron chi connectivity index (χ1n) is 8.79. The first-order valence-corrected chi connectivity index (χ1v) is 10.5. The maximum atomic E-state index is 13.1. The fraction of sp³-hybridized carbons (Fsp3) is 0.316. The van der Waals surface area contributed by atoms with E-state index in [0.717, 1.165) is 16.5 Å². The number of benzene rings is 1. The van der Waals surface area contributed by atoms with Crippen molar-refractivity contribution >= 4 is 43.3 Å². The van der Waals surface area contributed by atoms with E-state index in [-0.39, 0.29) is 11.2 Å². The molecule has 27 heavy (non-hydrogen) atoms. The molecule has 0 radical (unpaired) electrons. The standard InChI is InChI=1S/C19H19BrN4O2S/c1-12(2)7-9-22-17(25)16-15(8-10-27-16)24-18(22)21-23(19(24)26)11-13-3-5-14(20)6-4-13/h3-6,8,10,12H,7,9,11H2,1-2H3. The summed E-state index contributed by atoms with van der Waals surface area (Å²) >= 11 is 4.78. The molecule has 0 aliphatic heterocycles. The number of aryl methyl sites for hydroxylation is 1. The third-order valence-electron chi connectivity index (χ3n) is 4.56.